The van der Waals surface area contributed by atoms with Crippen molar-refractivity contribution in [1.82, 2.24) is 15.0 Å². The molecule has 0 bridgehead atoms. The maximum atomic E-state index is 9.49. The summed E-state index contributed by atoms with van der Waals surface area (Å²) in [5.41, 5.74) is 2.68. The first-order chi connectivity index (χ1) is 12.2. The molecular weight excluding hydrogens is 380 g/mol. The predicted octanol–water partition coefficient (Wildman–Crippen LogP) is 5.04. The number of allylic oxidation sites excluding steroid dienone is 1. The molecule has 3 aromatic heterocycles. The molecule has 0 saturated heterocycles. The molecule has 1 N–H and O–H groups in total. The van der Waals surface area contributed by atoms with Gasteiger partial charge >= 0.3 is 0 Å². The van der Waals surface area contributed by atoms with E-state index in [2.05, 4.69) is 37.0 Å². The van der Waals surface area contributed by atoms with Crippen molar-refractivity contribution in [3.05, 3.63) is 70.8 Å². The van der Waals surface area contributed by atoms with Crippen LogP contribution in [0.4, 0.5) is 0 Å². The zero-order valence-electron chi connectivity index (χ0n) is 12.9. The highest BCUT2D eigenvalue weighted by molar-refractivity contribution is 9.10. The fourth-order valence-electron chi connectivity index (χ4n) is 2.49. The Kier molecular flexibility index (Phi) is 3.92. The Balaban J connectivity index is 1.71. The molecule has 0 atom stereocenters. The number of hydrogen-bond acceptors (Lipinski definition) is 4. The number of furan rings is 1. The van der Waals surface area contributed by atoms with E-state index in [1.807, 2.05) is 48.5 Å². The van der Waals surface area contributed by atoms with Gasteiger partial charge in [0.15, 0.2) is 11.5 Å². The molecule has 0 amide bonds. The number of nitrogens with zero attached hydrogens (tertiary/aromatic N) is 3. The molecule has 0 aliphatic heterocycles. The Morgan fingerprint density at radius 3 is 2.84 bits per heavy atom. The van der Waals surface area contributed by atoms with E-state index >= 15 is 0 Å². The molecule has 0 aliphatic rings. The number of rotatable bonds is 3. The summed E-state index contributed by atoms with van der Waals surface area (Å²) in [5, 5.41) is 9.49. The van der Waals surface area contributed by atoms with E-state index in [4.69, 9.17) is 4.42 Å². The van der Waals surface area contributed by atoms with Gasteiger partial charge in [0.25, 0.3) is 0 Å². The molecule has 0 aliphatic carbocycles. The van der Waals surface area contributed by atoms with Crippen LogP contribution in [0.2, 0.25) is 0 Å². The van der Waals surface area contributed by atoms with Crippen LogP contribution in [0, 0.1) is 11.3 Å². The summed E-state index contributed by atoms with van der Waals surface area (Å²) in [5.74, 6) is 1.80. The number of nitriles is 1. The van der Waals surface area contributed by atoms with Crippen molar-refractivity contribution in [3.8, 4) is 17.4 Å². The predicted molar refractivity (Wildman–Crippen MR) is 99.2 cm³/mol. The third-order valence-electron chi connectivity index (χ3n) is 3.65. The van der Waals surface area contributed by atoms with Crippen molar-refractivity contribution in [2.45, 2.75) is 0 Å². The highest BCUT2D eigenvalue weighted by Crippen LogP contribution is 2.25. The number of halogens is 1. The number of imidazole rings is 1. The molecule has 120 valence electrons. The molecule has 0 saturated carbocycles. The van der Waals surface area contributed by atoms with Crippen molar-refractivity contribution in [1.29, 1.82) is 5.26 Å². The van der Waals surface area contributed by atoms with Gasteiger partial charge in [-0.1, -0.05) is 30.3 Å². The highest BCUT2D eigenvalue weighted by atomic mass is 79.9. The van der Waals surface area contributed by atoms with Crippen molar-refractivity contribution in [2.75, 3.05) is 0 Å². The van der Waals surface area contributed by atoms with Gasteiger partial charge in [-0.15, -0.1) is 0 Å². The normalized spacial score (nSPS) is 11.6. The summed E-state index contributed by atoms with van der Waals surface area (Å²) >= 11 is 3.37. The topological polar surface area (TPSA) is 78.5 Å². The van der Waals surface area contributed by atoms with Gasteiger partial charge < -0.3 is 9.40 Å². The molecule has 0 radical (unpaired) electrons. The molecule has 0 spiro atoms. The zero-order valence-corrected chi connectivity index (χ0v) is 14.5. The van der Waals surface area contributed by atoms with E-state index in [1.165, 1.54) is 0 Å². The van der Waals surface area contributed by atoms with Crippen LogP contribution >= 0.6 is 15.9 Å². The van der Waals surface area contributed by atoms with E-state index in [1.54, 1.807) is 12.3 Å². The van der Waals surface area contributed by atoms with E-state index in [-0.39, 0.29) is 0 Å². The van der Waals surface area contributed by atoms with Crippen LogP contribution < -0.4 is 0 Å². The number of nitrogens with one attached hydrogen (secondary N) is 1. The monoisotopic (exact) mass is 390 g/mol. The molecular formula is C19H11BrN4O. The highest BCUT2D eigenvalue weighted by Gasteiger charge is 2.11. The van der Waals surface area contributed by atoms with Gasteiger partial charge in [0.1, 0.15) is 17.6 Å². The van der Waals surface area contributed by atoms with Crippen LogP contribution in [0.15, 0.2) is 63.6 Å². The number of hydrogen-bond donors (Lipinski definition) is 1. The SMILES string of the molecule is N#C/C(=C\c1ccc(-c2ccccc2)o1)c1nc2ncc(Br)cc2[nH]1. The lowest BCUT2D eigenvalue weighted by atomic mass is 10.2. The maximum Gasteiger partial charge on any atom is 0.178 e. The first-order valence-electron chi connectivity index (χ1n) is 7.51. The molecule has 4 aromatic rings. The van der Waals surface area contributed by atoms with Crippen molar-refractivity contribution >= 4 is 38.7 Å². The van der Waals surface area contributed by atoms with Crippen molar-refractivity contribution in [3.63, 3.8) is 0 Å². The van der Waals surface area contributed by atoms with E-state index in [0.717, 1.165) is 21.3 Å². The van der Waals surface area contributed by atoms with Crippen LogP contribution in [0.5, 0.6) is 0 Å². The summed E-state index contributed by atoms with van der Waals surface area (Å²) in [6.07, 6.45) is 3.33. The second-order valence-electron chi connectivity index (χ2n) is 5.35. The average molecular weight is 391 g/mol. The summed E-state index contributed by atoms with van der Waals surface area (Å²) in [6.45, 7) is 0. The number of fused-ring (bicyclic) bond motifs is 1. The van der Waals surface area contributed by atoms with E-state index in [0.29, 0.717) is 22.8 Å². The number of aromatic amines is 1. The van der Waals surface area contributed by atoms with Crippen LogP contribution in [0.25, 0.3) is 34.1 Å². The standard InChI is InChI=1S/C19H11BrN4O/c20-14-9-16-19(22-11-14)24-18(23-16)13(10-21)8-15-6-7-17(25-15)12-4-2-1-3-5-12/h1-9,11H,(H,22,23,24)/b13-8+. The number of benzene rings is 1. The summed E-state index contributed by atoms with van der Waals surface area (Å²) < 4.78 is 6.67. The summed E-state index contributed by atoms with van der Waals surface area (Å²) in [7, 11) is 0. The van der Waals surface area contributed by atoms with Crippen LogP contribution in [0.1, 0.15) is 11.6 Å². The Bertz CT molecular complexity index is 1120. The summed E-state index contributed by atoms with van der Waals surface area (Å²) in [4.78, 5) is 11.7. The fraction of sp³-hybridized carbons (Fsp3) is 0. The van der Waals surface area contributed by atoms with Crippen molar-refractivity contribution in [2.24, 2.45) is 0 Å². The largest absolute Gasteiger partial charge is 0.457 e. The quantitative estimate of drug-likeness (QED) is 0.496. The van der Waals surface area contributed by atoms with Gasteiger partial charge in [0, 0.05) is 22.3 Å². The van der Waals surface area contributed by atoms with Crippen LogP contribution in [-0.4, -0.2) is 15.0 Å². The molecule has 25 heavy (non-hydrogen) atoms. The van der Waals surface area contributed by atoms with E-state index < -0.39 is 0 Å². The molecule has 1 aromatic carbocycles. The average Bonchev–Trinajstić information content (AvgIpc) is 3.26. The zero-order chi connectivity index (χ0) is 17.2. The minimum atomic E-state index is 0.378. The number of H-pyrrole nitrogens is 1. The van der Waals surface area contributed by atoms with Gasteiger partial charge in [-0.25, -0.2) is 9.97 Å². The first kappa shape index (κ1) is 15.4. The Morgan fingerprint density at radius 2 is 2.04 bits per heavy atom. The third kappa shape index (κ3) is 3.10. The fourth-order valence-corrected chi connectivity index (χ4v) is 2.82. The number of aromatic nitrogens is 3. The molecule has 0 fully saturated rings. The maximum absolute atomic E-state index is 9.49. The second-order valence-corrected chi connectivity index (χ2v) is 6.26. The smallest absolute Gasteiger partial charge is 0.178 e. The minimum Gasteiger partial charge on any atom is -0.457 e. The molecule has 3 heterocycles. The molecule has 5 nitrogen and oxygen atoms in total. The third-order valence-corrected chi connectivity index (χ3v) is 4.08. The Hall–Kier alpha value is -3.17. The lowest BCUT2D eigenvalue weighted by Gasteiger charge is -1.95. The molecule has 6 heteroatoms. The van der Waals surface area contributed by atoms with Gasteiger partial charge in [-0.05, 0) is 34.1 Å². The Morgan fingerprint density at radius 1 is 1.20 bits per heavy atom. The van der Waals surface area contributed by atoms with Gasteiger partial charge in [0.2, 0.25) is 0 Å². The van der Waals surface area contributed by atoms with Crippen molar-refractivity contribution < 1.29 is 4.42 Å². The second kappa shape index (κ2) is 6.38. The van der Waals surface area contributed by atoms with E-state index in [9.17, 15) is 5.26 Å². The molecule has 0 unspecified atom stereocenters. The van der Waals surface area contributed by atoms with Gasteiger partial charge in [-0.3, -0.25) is 0 Å². The lowest BCUT2D eigenvalue weighted by Crippen LogP contribution is -1.84. The van der Waals surface area contributed by atoms with Crippen LogP contribution in [0.3, 0.4) is 0 Å². The Labute approximate surface area is 151 Å². The minimum absolute atomic E-state index is 0.378. The number of pyridine rings is 1. The lowest BCUT2D eigenvalue weighted by molar-refractivity contribution is 0.572. The first-order valence-corrected chi connectivity index (χ1v) is 8.31. The van der Waals surface area contributed by atoms with Gasteiger partial charge in [0.05, 0.1) is 11.1 Å². The molecule has 4 rings (SSSR count). The van der Waals surface area contributed by atoms with Gasteiger partial charge in [-0.2, -0.15) is 5.26 Å². The summed E-state index contributed by atoms with van der Waals surface area (Å²) in [6, 6.07) is 17.5. The van der Waals surface area contributed by atoms with Crippen LogP contribution in [-0.2, 0) is 0 Å².